The first kappa shape index (κ1) is 25.0. The predicted molar refractivity (Wildman–Crippen MR) is 114 cm³/mol. The number of carbonyl (C=O) groups is 1. The molecular weight excluding hydrogens is 385 g/mol. The molecule has 25 heavy (non-hydrogen) atoms. The summed E-state index contributed by atoms with van der Waals surface area (Å²) in [6, 6.07) is 0.689. The van der Waals surface area contributed by atoms with Crippen LogP contribution in [0, 0.1) is 0 Å². The summed E-state index contributed by atoms with van der Waals surface area (Å²) < 4.78 is 25.0. The number of allylic oxidation sites excluding steroid dienone is 1. The monoisotopic (exact) mass is 422 g/mol. The highest BCUT2D eigenvalue weighted by atomic mass is 28.5. The second-order valence-corrected chi connectivity index (χ2v) is 26.1. The molecular formula is C16H38O5Si4. The average Bonchev–Trinajstić information content (AvgIpc) is 2.28. The quantitative estimate of drug-likeness (QED) is 0.203. The van der Waals surface area contributed by atoms with Gasteiger partial charge in [-0.3, -0.25) is 0 Å². The van der Waals surface area contributed by atoms with E-state index in [0.717, 1.165) is 0 Å². The molecule has 0 N–H and O–H groups in total. The Kier molecular flexibility index (Phi) is 9.75. The van der Waals surface area contributed by atoms with E-state index in [1.165, 1.54) is 6.08 Å². The molecule has 0 aromatic heterocycles. The van der Waals surface area contributed by atoms with Crippen LogP contribution in [0.25, 0.3) is 0 Å². The largest absolute Gasteiger partial charge is 0.469 e. The van der Waals surface area contributed by atoms with Crippen molar-refractivity contribution in [2.75, 3.05) is 6.61 Å². The zero-order valence-electron chi connectivity index (χ0n) is 17.8. The van der Waals surface area contributed by atoms with Crippen molar-refractivity contribution in [1.82, 2.24) is 0 Å². The van der Waals surface area contributed by atoms with Gasteiger partial charge < -0.3 is 17.1 Å². The smallest absolute Gasteiger partial charge is 0.463 e. The third-order valence-electron chi connectivity index (χ3n) is 2.56. The number of ether oxygens (including phenoxy) is 1. The lowest BCUT2D eigenvalue weighted by atomic mass is 10.5. The molecule has 0 radical (unpaired) electrons. The van der Waals surface area contributed by atoms with E-state index in [1.807, 2.05) is 0 Å². The van der Waals surface area contributed by atoms with E-state index < -0.39 is 33.8 Å². The van der Waals surface area contributed by atoms with Gasteiger partial charge in [0.1, 0.15) is 0 Å². The molecule has 0 amide bonds. The van der Waals surface area contributed by atoms with Crippen LogP contribution >= 0.6 is 0 Å². The SMILES string of the molecule is C/C=C/C(=O)OCCC[Si](O[Si](C)(C)C)(O[Si](C)(C)C)O[Si](C)(C)C. The van der Waals surface area contributed by atoms with Gasteiger partial charge in [-0.25, -0.2) is 4.79 Å². The van der Waals surface area contributed by atoms with Gasteiger partial charge in [0, 0.05) is 12.1 Å². The molecule has 0 rings (SSSR count). The van der Waals surface area contributed by atoms with Crippen molar-refractivity contribution in [2.24, 2.45) is 0 Å². The molecule has 0 saturated heterocycles. The summed E-state index contributed by atoms with van der Waals surface area (Å²) in [6.07, 6.45) is 3.80. The molecule has 5 nitrogen and oxygen atoms in total. The summed E-state index contributed by atoms with van der Waals surface area (Å²) >= 11 is 0. The number of carbonyl (C=O) groups excluding carboxylic acids is 1. The maximum atomic E-state index is 11.5. The van der Waals surface area contributed by atoms with Gasteiger partial charge in [0.25, 0.3) is 0 Å². The van der Waals surface area contributed by atoms with Crippen molar-refractivity contribution in [3.8, 4) is 0 Å². The molecule has 0 aromatic rings. The van der Waals surface area contributed by atoms with Crippen LogP contribution in [0.4, 0.5) is 0 Å². The molecule has 0 aliphatic carbocycles. The highest BCUT2D eigenvalue weighted by molar-refractivity contribution is 6.90. The molecule has 0 aromatic carbocycles. The zero-order valence-corrected chi connectivity index (χ0v) is 21.8. The van der Waals surface area contributed by atoms with E-state index in [-0.39, 0.29) is 5.97 Å². The van der Waals surface area contributed by atoms with Crippen LogP contribution in [0.2, 0.25) is 65.0 Å². The molecule has 0 bridgehead atoms. The van der Waals surface area contributed by atoms with Crippen molar-refractivity contribution in [1.29, 1.82) is 0 Å². The van der Waals surface area contributed by atoms with Crippen molar-refractivity contribution < 1.29 is 21.9 Å². The van der Waals surface area contributed by atoms with E-state index in [2.05, 4.69) is 58.9 Å². The van der Waals surface area contributed by atoms with Crippen LogP contribution in [0.5, 0.6) is 0 Å². The molecule has 0 heterocycles. The first-order valence-corrected chi connectivity index (χ1v) is 21.1. The summed E-state index contributed by atoms with van der Waals surface area (Å²) in [5, 5.41) is 0. The van der Waals surface area contributed by atoms with Gasteiger partial charge in [0.05, 0.1) is 6.61 Å². The van der Waals surface area contributed by atoms with E-state index in [4.69, 9.17) is 17.1 Å². The van der Waals surface area contributed by atoms with Gasteiger partial charge >= 0.3 is 14.8 Å². The topological polar surface area (TPSA) is 54.0 Å². The fourth-order valence-electron chi connectivity index (χ4n) is 2.26. The Morgan fingerprint density at radius 3 is 1.52 bits per heavy atom. The first-order valence-electron chi connectivity index (χ1n) is 8.97. The molecule has 148 valence electrons. The molecule has 0 fully saturated rings. The van der Waals surface area contributed by atoms with Crippen molar-refractivity contribution >= 4 is 39.7 Å². The van der Waals surface area contributed by atoms with Crippen LogP contribution in [0.15, 0.2) is 12.2 Å². The molecule has 9 heteroatoms. The Labute approximate surface area is 158 Å². The maximum Gasteiger partial charge on any atom is 0.469 e. The zero-order chi connectivity index (χ0) is 19.9. The number of hydrogen-bond acceptors (Lipinski definition) is 5. The normalized spacial score (nSPS) is 14.2. The van der Waals surface area contributed by atoms with Crippen LogP contribution in [0.1, 0.15) is 13.3 Å². The Morgan fingerprint density at radius 2 is 1.20 bits per heavy atom. The second kappa shape index (κ2) is 9.77. The fraction of sp³-hybridized carbons (Fsp3) is 0.812. The van der Waals surface area contributed by atoms with Gasteiger partial charge in [0.2, 0.25) is 0 Å². The summed E-state index contributed by atoms with van der Waals surface area (Å²) in [6.45, 7) is 21.7. The van der Waals surface area contributed by atoms with Crippen molar-refractivity contribution in [2.45, 2.75) is 78.3 Å². The van der Waals surface area contributed by atoms with Gasteiger partial charge in [-0.05, 0) is 72.3 Å². The Balaban J connectivity index is 5.26. The molecule has 0 aliphatic heterocycles. The summed E-state index contributed by atoms with van der Waals surface area (Å²) in [7, 11) is -8.37. The molecule has 0 aliphatic rings. The van der Waals surface area contributed by atoms with Gasteiger partial charge in [-0.2, -0.15) is 0 Å². The molecule has 0 unspecified atom stereocenters. The van der Waals surface area contributed by atoms with Crippen molar-refractivity contribution in [3.63, 3.8) is 0 Å². The third-order valence-corrected chi connectivity index (χ3v) is 14.6. The van der Waals surface area contributed by atoms with Crippen LogP contribution in [0.3, 0.4) is 0 Å². The minimum Gasteiger partial charge on any atom is -0.463 e. The van der Waals surface area contributed by atoms with E-state index in [1.54, 1.807) is 13.0 Å². The van der Waals surface area contributed by atoms with Gasteiger partial charge in [-0.15, -0.1) is 0 Å². The lowest BCUT2D eigenvalue weighted by Crippen LogP contribution is -2.60. The Morgan fingerprint density at radius 1 is 0.800 bits per heavy atom. The minimum atomic E-state index is -2.82. The maximum absolute atomic E-state index is 11.5. The van der Waals surface area contributed by atoms with Crippen LogP contribution in [-0.2, 0) is 21.9 Å². The van der Waals surface area contributed by atoms with Gasteiger partial charge in [0.15, 0.2) is 25.0 Å². The summed E-state index contributed by atoms with van der Waals surface area (Å²) in [4.78, 5) is 11.5. The fourth-order valence-corrected chi connectivity index (χ4v) is 16.9. The number of rotatable bonds is 11. The molecule has 0 spiro atoms. The minimum absolute atomic E-state index is 0.307. The lowest BCUT2D eigenvalue weighted by Gasteiger charge is -2.42. The van der Waals surface area contributed by atoms with Crippen LogP contribution < -0.4 is 0 Å². The molecule has 0 saturated carbocycles. The Bertz CT molecular complexity index is 406. The van der Waals surface area contributed by atoms with E-state index in [0.29, 0.717) is 19.1 Å². The second-order valence-electron chi connectivity index (χ2n) is 9.10. The van der Waals surface area contributed by atoms with Crippen LogP contribution in [-0.4, -0.2) is 46.3 Å². The standard InChI is InChI=1S/C16H38O5Si4/c1-11-13-16(17)18-14-12-15-25(19-22(2,3)4,20-23(5,6)7)21-24(8,9)10/h11,13H,12,14-15H2,1-10H3/b13-11+. The van der Waals surface area contributed by atoms with E-state index >= 15 is 0 Å². The van der Waals surface area contributed by atoms with Gasteiger partial charge in [-0.1, -0.05) is 6.08 Å². The average molecular weight is 423 g/mol. The number of hydrogen-bond donors (Lipinski definition) is 0. The lowest BCUT2D eigenvalue weighted by molar-refractivity contribution is -0.137. The Hall–Kier alpha value is -0.0425. The highest BCUT2D eigenvalue weighted by Gasteiger charge is 2.49. The molecule has 0 atom stereocenters. The summed E-state index contributed by atoms with van der Waals surface area (Å²) in [5.41, 5.74) is 0. The predicted octanol–water partition coefficient (Wildman–Crippen LogP) is 4.99. The van der Waals surface area contributed by atoms with Crippen molar-refractivity contribution in [3.05, 3.63) is 12.2 Å². The summed E-state index contributed by atoms with van der Waals surface area (Å²) in [5.74, 6) is -0.307. The first-order chi connectivity index (χ1) is 11.1. The third kappa shape index (κ3) is 13.8. The van der Waals surface area contributed by atoms with E-state index in [9.17, 15) is 4.79 Å². The number of esters is 1. The highest BCUT2D eigenvalue weighted by Crippen LogP contribution is 2.29.